The van der Waals surface area contributed by atoms with Crippen molar-refractivity contribution in [2.24, 2.45) is 7.05 Å². The number of urea groups is 1. The smallest absolute Gasteiger partial charge is 0.317 e. The Morgan fingerprint density at radius 3 is 2.63 bits per heavy atom. The fourth-order valence-corrected chi connectivity index (χ4v) is 4.95. The third-order valence-electron chi connectivity index (χ3n) is 6.84. The van der Waals surface area contributed by atoms with Gasteiger partial charge >= 0.3 is 6.03 Å². The molecule has 2 aliphatic heterocycles. The van der Waals surface area contributed by atoms with Gasteiger partial charge in [0.2, 0.25) is 0 Å². The highest BCUT2D eigenvalue weighted by molar-refractivity contribution is 5.74. The number of nitrogens with zero attached hydrogens (tertiary/aromatic N) is 5. The standard InChI is InChI=1S/C23H28N6O/c1-17-5-3-4-6-18(17)13-25-22(30)28-10-7-23(8-11-28)9-12-29-20(15-24-21(23)29)19-14-26-27(2)16-19/h3-6,14-16H,7-13H2,1-2H3,(H,25,30). The maximum atomic E-state index is 12.7. The van der Waals surface area contributed by atoms with Crippen LogP contribution in [-0.2, 0) is 25.6 Å². The van der Waals surface area contributed by atoms with E-state index >= 15 is 0 Å². The van der Waals surface area contributed by atoms with Crippen LogP contribution in [0.15, 0.2) is 42.9 Å². The number of carbonyl (C=O) groups is 1. The summed E-state index contributed by atoms with van der Waals surface area (Å²) in [6.07, 6.45) is 8.95. The van der Waals surface area contributed by atoms with Gasteiger partial charge in [-0.25, -0.2) is 9.78 Å². The third kappa shape index (κ3) is 3.18. The number of hydrogen-bond donors (Lipinski definition) is 1. The molecule has 1 N–H and O–H groups in total. The molecule has 7 nitrogen and oxygen atoms in total. The Morgan fingerprint density at radius 2 is 1.90 bits per heavy atom. The first-order chi connectivity index (χ1) is 14.6. The van der Waals surface area contributed by atoms with Gasteiger partial charge < -0.3 is 14.8 Å². The second-order valence-electron chi connectivity index (χ2n) is 8.62. The predicted molar refractivity (Wildman–Crippen MR) is 115 cm³/mol. The first-order valence-corrected chi connectivity index (χ1v) is 10.7. The molecule has 0 unspecified atom stereocenters. The summed E-state index contributed by atoms with van der Waals surface area (Å²) in [4.78, 5) is 19.5. The molecule has 1 spiro atoms. The van der Waals surface area contributed by atoms with E-state index in [1.165, 1.54) is 17.0 Å². The number of aryl methyl sites for hydroxylation is 2. The lowest BCUT2D eigenvalue weighted by molar-refractivity contribution is 0.155. The lowest BCUT2D eigenvalue weighted by Gasteiger charge is -2.38. The molecule has 156 valence electrons. The van der Waals surface area contributed by atoms with Gasteiger partial charge in [-0.15, -0.1) is 0 Å². The molecule has 4 heterocycles. The molecule has 0 atom stereocenters. The minimum Gasteiger partial charge on any atom is -0.334 e. The Morgan fingerprint density at radius 1 is 1.13 bits per heavy atom. The number of nitrogens with one attached hydrogen (secondary N) is 1. The fourth-order valence-electron chi connectivity index (χ4n) is 4.95. The maximum absolute atomic E-state index is 12.7. The summed E-state index contributed by atoms with van der Waals surface area (Å²) < 4.78 is 4.18. The minimum atomic E-state index is 0.0329. The molecule has 1 fully saturated rings. The Balaban J connectivity index is 1.24. The topological polar surface area (TPSA) is 68.0 Å². The first kappa shape index (κ1) is 18.9. The highest BCUT2D eigenvalue weighted by Crippen LogP contribution is 2.44. The van der Waals surface area contributed by atoms with Gasteiger partial charge in [-0.2, -0.15) is 5.10 Å². The Kier molecular flexibility index (Phi) is 4.60. The van der Waals surface area contributed by atoms with Crippen LogP contribution in [0.25, 0.3) is 11.3 Å². The minimum absolute atomic E-state index is 0.0329. The summed E-state index contributed by atoms with van der Waals surface area (Å²) in [5.74, 6) is 1.18. The number of fused-ring (bicyclic) bond motifs is 2. The lowest BCUT2D eigenvalue weighted by Crippen LogP contribution is -2.48. The average Bonchev–Trinajstić information content (AvgIpc) is 3.45. The summed E-state index contributed by atoms with van der Waals surface area (Å²) in [6.45, 7) is 5.18. The van der Waals surface area contributed by atoms with E-state index in [0.29, 0.717) is 6.54 Å². The van der Waals surface area contributed by atoms with Gasteiger partial charge in [-0.1, -0.05) is 24.3 Å². The van der Waals surface area contributed by atoms with Gasteiger partial charge in [0.1, 0.15) is 5.82 Å². The van der Waals surface area contributed by atoms with Crippen LogP contribution in [-0.4, -0.2) is 43.4 Å². The van der Waals surface area contributed by atoms with Crippen molar-refractivity contribution in [1.29, 1.82) is 0 Å². The Bertz CT molecular complexity index is 1070. The van der Waals surface area contributed by atoms with Crippen molar-refractivity contribution in [2.75, 3.05) is 13.1 Å². The lowest BCUT2D eigenvalue weighted by atomic mass is 9.77. The fraction of sp³-hybridized carbons (Fsp3) is 0.435. The van der Waals surface area contributed by atoms with Crippen molar-refractivity contribution < 1.29 is 4.79 Å². The van der Waals surface area contributed by atoms with Crippen LogP contribution in [0.2, 0.25) is 0 Å². The monoisotopic (exact) mass is 404 g/mol. The van der Waals surface area contributed by atoms with Crippen LogP contribution in [0.4, 0.5) is 4.79 Å². The number of imidazole rings is 1. The Hall–Kier alpha value is -3.09. The van der Waals surface area contributed by atoms with E-state index in [1.54, 1.807) is 0 Å². The number of hydrogen-bond acceptors (Lipinski definition) is 3. The van der Waals surface area contributed by atoms with Crippen molar-refractivity contribution in [3.8, 4) is 11.3 Å². The molecule has 2 aliphatic rings. The van der Waals surface area contributed by atoms with Crippen molar-refractivity contribution in [1.82, 2.24) is 29.5 Å². The number of piperidine rings is 1. The molecule has 2 aromatic heterocycles. The zero-order chi connectivity index (χ0) is 20.7. The van der Waals surface area contributed by atoms with Crippen LogP contribution in [0.5, 0.6) is 0 Å². The summed E-state index contributed by atoms with van der Waals surface area (Å²) in [5.41, 5.74) is 4.72. The quantitative estimate of drug-likeness (QED) is 0.729. The molecule has 0 radical (unpaired) electrons. The van der Waals surface area contributed by atoms with Crippen LogP contribution < -0.4 is 5.32 Å². The number of carbonyl (C=O) groups excluding carboxylic acids is 1. The molecular weight excluding hydrogens is 376 g/mol. The van der Waals surface area contributed by atoms with E-state index in [0.717, 1.165) is 50.2 Å². The van der Waals surface area contributed by atoms with Gasteiger partial charge in [0.05, 0.1) is 18.1 Å². The van der Waals surface area contributed by atoms with E-state index in [1.807, 2.05) is 47.4 Å². The van der Waals surface area contributed by atoms with E-state index in [-0.39, 0.29) is 11.4 Å². The van der Waals surface area contributed by atoms with Crippen LogP contribution >= 0.6 is 0 Å². The van der Waals surface area contributed by atoms with Crippen LogP contribution in [0, 0.1) is 6.92 Å². The van der Waals surface area contributed by atoms with Crippen molar-refractivity contribution in [3.63, 3.8) is 0 Å². The SMILES string of the molecule is Cc1ccccc1CNC(=O)N1CCC2(CC1)CCn1c(-c3cnn(C)c3)cnc12. The Labute approximate surface area is 176 Å². The largest absolute Gasteiger partial charge is 0.334 e. The second kappa shape index (κ2) is 7.31. The van der Waals surface area contributed by atoms with Gasteiger partial charge in [-0.05, 0) is 37.3 Å². The summed E-state index contributed by atoms with van der Waals surface area (Å²) >= 11 is 0. The zero-order valence-electron chi connectivity index (χ0n) is 17.6. The van der Waals surface area contributed by atoms with Crippen molar-refractivity contribution in [2.45, 2.75) is 44.7 Å². The average molecular weight is 405 g/mol. The van der Waals surface area contributed by atoms with Crippen molar-refractivity contribution >= 4 is 6.03 Å². The molecule has 0 saturated carbocycles. The van der Waals surface area contributed by atoms with E-state index in [2.05, 4.69) is 34.0 Å². The van der Waals surface area contributed by atoms with Gasteiger partial charge in [-0.3, -0.25) is 4.68 Å². The number of aromatic nitrogens is 4. The highest BCUT2D eigenvalue weighted by Gasteiger charge is 2.44. The van der Waals surface area contributed by atoms with Gasteiger partial charge in [0.15, 0.2) is 0 Å². The molecule has 1 saturated heterocycles. The van der Waals surface area contributed by atoms with E-state index < -0.39 is 0 Å². The third-order valence-corrected chi connectivity index (χ3v) is 6.84. The second-order valence-corrected chi connectivity index (χ2v) is 8.62. The van der Waals surface area contributed by atoms with E-state index in [4.69, 9.17) is 4.98 Å². The molecular formula is C23H28N6O. The number of likely N-dealkylation sites (tertiary alicyclic amines) is 1. The summed E-state index contributed by atoms with van der Waals surface area (Å²) in [7, 11) is 1.94. The molecule has 0 aliphatic carbocycles. The molecule has 1 aromatic carbocycles. The molecule has 7 heteroatoms. The summed E-state index contributed by atoms with van der Waals surface area (Å²) in [5, 5.41) is 7.39. The number of rotatable bonds is 3. The van der Waals surface area contributed by atoms with Gasteiger partial charge in [0.25, 0.3) is 0 Å². The van der Waals surface area contributed by atoms with Crippen molar-refractivity contribution in [3.05, 3.63) is 59.8 Å². The maximum Gasteiger partial charge on any atom is 0.317 e. The molecule has 3 aromatic rings. The number of benzene rings is 1. The first-order valence-electron chi connectivity index (χ1n) is 10.7. The van der Waals surface area contributed by atoms with E-state index in [9.17, 15) is 4.79 Å². The molecule has 0 bridgehead atoms. The normalized spacial score (nSPS) is 17.3. The summed E-state index contributed by atoms with van der Waals surface area (Å²) in [6, 6.07) is 8.22. The molecule has 5 rings (SSSR count). The predicted octanol–water partition coefficient (Wildman–Crippen LogP) is 3.24. The van der Waals surface area contributed by atoms with Crippen LogP contribution in [0.1, 0.15) is 36.2 Å². The highest BCUT2D eigenvalue weighted by atomic mass is 16.2. The van der Waals surface area contributed by atoms with Gasteiger partial charge in [0, 0.05) is 50.4 Å². The molecule has 30 heavy (non-hydrogen) atoms. The molecule has 2 amide bonds. The number of amides is 2. The van der Waals surface area contributed by atoms with Crippen LogP contribution in [0.3, 0.4) is 0 Å². The zero-order valence-corrected chi connectivity index (χ0v) is 17.6.